The van der Waals surface area contributed by atoms with Crippen LogP contribution in [0.2, 0.25) is 0 Å². The van der Waals surface area contributed by atoms with Crippen molar-refractivity contribution < 1.29 is 0 Å². The van der Waals surface area contributed by atoms with Gasteiger partial charge in [0.25, 0.3) is 0 Å². The van der Waals surface area contributed by atoms with Crippen LogP contribution in [0.4, 0.5) is 0 Å². The lowest BCUT2D eigenvalue weighted by atomic mass is 10.0. The van der Waals surface area contributed by atoms with Crippen molar-refractivity contribution in [2.24, 2.45) is 0 Å². The van der Waals surface area contributed by atoms with Crippen LogP contribution >= 0.6 is 0 Å². The Bertz CT molecular complexity index is 358. The predicted molar refractivity (Wildman–Crippen MR) is 72.4 cm³/mol. The van der Waals surface area contributed by atoms with Gasteiger partial charge in [-0.3, -0.25) is 4.90 Å². The maximum absolute atomic E-state index is 4.42. The number of hydrogen-bond acceptors (Lipinski definition) is 4. The molecular formula is C13H25N5. The normalized spacial score (nSPS) is 21.7. The molecule has 1 fully saturated rings. The minimum atomic E-state index is 0.384. The molecule has 5 nitrogen and oxygen atoms in total. The number of likely N-dealkylation sites (N-methyl/N-ethyl adjacent to an activating group) is 1. The summed E-state index contributed by atoms with van der Waals surface area (Å²) in [4.78, 5) is 6.96. The molecule has 102 valence electrons. The summed E-state index contributed by atoms with van der Waals surface area (Å²) in [5.74, 6) is 1.09. The van der Waals surface area contributed by atoms with E-state index in [1.165, 1.54) is 25.8 Å². The third kappa shape index (κ3) is 3.09. The summed E-state index contributed by atoms with van der Waals surface area (Å²) in [5.41, 5.74) is 0. The van der Waals surface area contributed by atoms with Crippen molar-refractivity contribution in [3.63, 3.8) is 0 Å². The largest absolute Gasteiger partial charge is 0.318 e. The van der Waals surface area contributed by atoms with Gasteiger partial charge in [0.2, 0.25) is 0 Å². The second kappa shape index (κ2) is 6.29. The van der Waals surface area contributed by atoms with Crippen LogP contribution in [0.3, 0.4) is 0 Å². The molecule has 0 aliphatic carbocycles. The molecule has 0 saturated carbocycles. The van der Waals surface area contributed by atoms with Gasteiger partial charge >= 0.3 is 0 Å². The van der Waals surface area contributed by atoms with Crippen molar-refractivity contribution in [2.45, 2.75) is 51.7 Å². The van der Waals surface area contributed by atoms with Crippen LogP contribution in [0, 0.1) is 0 Å². The molecule has 1 N–H and O–H groups in total. The summed E-state index contributed by atoms with van der Waals surface area (Å²) in [6.07, 6.45) is 5.61. The fourth-order valence-corrected chi connectivity index (χ4v) is 2.74. The van der Waals surface area contributed by atoms with Crippen molar-refractivity contribution in [3.8, 4) is 0 Å². The highest BCUT2D eigenvalue weighted by Gasteiger charge is 2.23. The number of aromatic nitrogens is 3. The summed E-state index contributed by atoms with van der Waals surface area (Å²) in [5, 5.41) is 7.62. The first-order chi connectivity index (χ1) is 8.72. The third-order valence-corrected chi connectivity index (χ3v) is 3.67. The number of rotatable bonds is 5. The Balaban J connectivity index is 2.03. The van der Waals surface area contributed by atoms with Crippen LogP contribution in [-0.2, 0) is 6.54 Å². The molecule has 2 heterocycles. The van der Waals surface area contributed by atoms with E-state index in [4.69, 9.17) is 0 Å². The second-order valence-corrected chi connectivity index (χ2v) is 5.39. The molecule has 1 aliphatic rings. The summed E-state index contributed by atoms with van der Waals surface area (Å²) >= 11 is 0. The molecule has 0 radical (unpaired) electrons. The molecule has 1 saturated heterocycles. The van der Waals surface area contributed by atoms with Crippen LogP contribution in [0.1, 0.15) is 45.0 Å². The van der Waals surface area contributed by atoms with E-state index in [-0.39, 0.29) is 0 Å². The Hall–Kier alpha value is -0.940. The second-order valence-electron chi connectivity index (χ2n) is 5.39. The molecule has 0 spiro atoms. The van der Waals surface area contributed by atoms with Gasteiger partial charge < -0.3 is 5.32 Å². The summed E-state index contributed by atoms with van der Waals surface area (Å²) in [7, 11) is 2.03. The monoisotopic (exact) mass is 251 g/mol. The van der Waals surface area contributed by atoms with Crippen molar-refractivity contribution in [1.82, 2.24) is 25.0 Å². The highest BCUT2D eigenvalue weighted by Crippen LogP contribution is 2.19. The average Bonchev–Trinajstić information content (AvgIpc) is 2.80. The highest BCUT2D eigenvalue weighted by molar-refractivity contribution is 4.90. The maximum atomic E-state index is 4.42. The van der Waals surface area contributed by atoms with Crippen molar-refractivity contribution in [1.29, 1.82) is 0 Å². The van der Waals surface area contributed by atoms with Crippen LogP contribution in [0.25, 0.3) is 0 Å². The van der Waals surface area contributed by atoms with Crippen molar-refractivity contribution in [3.05, 3.63) is 12.2 Å². The van der Waals surface area contributed by atoms with Crippen LogP contribution < -0.4 is 5.32 Å². The maximum Gasteiger partial charge on any atom is 0.141 e. The Morgan fingerprint density at radius 1 is 1.44 bits per heavy atom. The van der Waals surface area contributed by atoms with Gasteiger partial charge in [0.05, 0.1) is 6.54 Å². The fourth-order valence-electron chi connectivity index (χ4n) is 2.74. The Morgan fingerprint density at radius 3 is 3.00 bits per heavy atom. The number of piperidine rings is 1. The van der Waals surface area contributed by atoms with Crippen molar-refractivity contribution in [2.75, 3.05) is 20.1 Å². The van der Waals surface area contributed by atoms with Crippen LogP contribution in [0.5, 0.6) is 0 Å². The molecule has 5 heteroatoms. The molecule has 2 rings (SSSR count). The van der Waals surface area contributed by atoms with Gasteiger partial charge in [-0.15, -0.1) is 0 Å². The van der Waals surface area contributed by atoms with Crippen molar-refractivity contribution >= 4 is 0 Å². The molecule has 0 bridgehead atoms. The molecule has 1 aliphatic heterocycles. The number of nitrogens with zero attached hydrogens (tertiary/aromatic N) is 4. The van der Waals surface area contributed by atoms with E-state index in [1.54, 1.807) is 6.33 Å². The van der Waals surface area contributed by atoms with E-state index < -0.39 is 0 Å². The lowest BCUT2D eigenvalue weighted by Gasteiger charge is -2.35. The topological polar surface area (TPSA) is 46.0 Å². The standard InChI is InChI=1S/C13H25N5/c1-11(2)18-13(15-10-16-18)9-17-7-5-4-6-12(17)8-14-3/h10-12,14H,4-9H2,1-3H3. The van der Waals surface area contributed by atoms with Gasteiger partial charge in [-0.2, -0.15) is 5.10 Å². The Labute approximate surface area is 110 Å². The minimum Gasteiger partial charge on any atom is -0.318 e. The number of nitrogens with one attached hydrogen (secondary N) is 1. The van der Waals surface area contributed by atoms with E-state index in [0.29, 0.717) is 12.1 Å². The Kier molecular flexibility index (Phi) is 4.72. The lowest BCUT2D eigenvalue weighted by molar-refractivity contribution is 0.133. The zero-order valence-electron chi connectivity index (χ0n) is 11.8. The molecule has 1 unspecified atom stereocenters. The molecule has 1 aromatic heterocycles. The molecular weight excluding hydrogens is 226 g/mol. The van der Waals surface area contributed by atoms with Gasteiger partial charge in [0, 0.05) is 18.6 Å². The first-order valence-corrected chi connectivity index (χ1v) is 6.99. The molecule has 0 amide bonds. The predicted octanol–water partition coefficient (Wildman–Crippen LogP) is 1.43. The molecule has 18 heavy (non-hydrogen) atoms. The van der Waals surface area contributed by atoms with E-state index in [0.717, 1.165) is 18.9 Å². The van der Waals surface area contributed by atoms with Gasteiger partial charge in [-0.1, -0.05) is 6.42 Å². The lowest BCUT2D eigenvalue weighted by Crippen LogP contribution is -2.44. The van der Waals surface area contributed by atoms with Crippen LogP contribution in [-0.4, -0.2) is 45.8 Å². The number of likely N-dealkylation sites (tertiary alicyclic amines) is 1. The zero-order chi connectivity index (χ0) is 13.0. The summed E-state index contributed by atoms with van der Waals surface area (Å²) in [6, 6.07) is 1.02. The van der Waals surface area contributed by atoms with E-state index >= 15 is 0 Å². The summed E-state index contributed by atoms with van der Waals surface area (Å²) in [6.45, 7) is 7.47. The quantitative estimate of drug-likeness (QED) is 0.860. The van der Waals surface area contributed by atoms with E-state index in [2.05, 4.69) is 34.1 Å². The van der Waals surface area contributed by atoms with E-state index in [9.17, 15) is 0 Å². The fraction of sp³-hybridized carbons (Fsp3) is 0.846. The molecule has 1 aromatic rings. The van der Waals surface area contributed by atoms with Gasteiger partial charge in [0.1, 0.15) is 12.2 Å². The first-order valence-electron chi connectivity index (χ1n) is 6.99. The molecule has 0 aromatic carbocycles. The average molecular weight is 251 g/mol. The Morgan fingerprint density at radius 2 is 2.28 bits per heavy atom. The highest BCUT2D eigenvalue weighted by atomic mass is 15.4. The zero-order valence-corrected chi connectivity index (χ0v) is 11.8. The van der Waals surface area contributed by atoms with Crippen LogP contribution in [0.15, 0.2) is 6.33 Å². The minimum absolute atomic E-state index is 0.384. The van der Waals surface area contributed by atoms with E-state index in [1.807, 2.05) is 11.7 Å². The smallest absolute Gasteiger partial charge is 0.141 e. The number of hydrogen-bond donors (Lipinski definition) is 1. The molecule has 1 atom stereocenters. The van der Waals surface area contributed by atoms with Gasteiger partial charge in [0.15, 0.2) is 0 Å². The van der Waals surface area contributed by atoms with Gasteiger partial charge in [-0.05, 0) is 40.3 Å². The van der Waals surface area contributed by atoms with Gasteiger partial charge in [-0.25, -0.2) is 9.67 Å². The third-order valence-electron chi connectivity index (χ3n) is 3.67. The SMILES string of the molecule is CNCC1CCCCN1Cc1ncnn1C(C)C. The first kappa shape index (κ1) is 13.5. The summed E-state index contributed by atoms with van der Waals surface area (Å²) < 4.78 is 2.03.